The lowest BCUT2D eigenvalue weighted by atomic mass is 10.1. The number of nitro groups is 1. The number of nitrogens with one attached hydrogen (secondary N) is 1. The summed E-state index contributed by atoms with van der Waals surface area (Å²) >= 11 is 1.15. The Balaban J connectivity index is 1.74. The van der Waals surface area contributed by atoms with Crippen LogP contribution < -0.4 is 5.32 Å². The lowest BCUT2D eigenvalue weighted by molar-refractivity contribution is -0.380. The fourth-order valence-corrected chi connectivity index (χ4v) is 3.13. The highest BCUT2D eigenvalue weighted by molar-refractivity contribution is 7.13. The summed E-state index contributed by atoms with van der Waals surface area (Å²) in [6.45, 7) is 7.52. The molecular formula is C15H23N3O4S. The zero-order valence-electron chi connectivity index (χ0n) is 13.7. The number of ether oxygens (including phenoxy) is 1. The zero-order chi connectivity index (χ0) is 17.0. The van der Waals surface area contributed by atoms with Gasteiger partial charge in [-0.3, -0.25) is 10.1 Å². The van der Waals surface area contributed by atoms with Crippen molar-refractivity contribution in [3.63, 3.8) is 0 Å². The summed E-state index contributed by atoms with van der Waals surface area (Å²) in [6, 6.07) is 1.92. The van der Waals surface area contributed by atoms with Gasteiger partial charge in [-0.1, -0.05) is 11.3 Å². The summed E-state index contributed by atoms with van der Waals surface area (Å²) in [6.07, 6.45) is 1.45. The van der Waals surface area contributed by atoms with Gasteiger partial charge in [0.2, 0.25) is 0 Å². The summed E-state index contributed by atoms with van der Waals surface area (Å²) in [4.78, 5) is 24.0. The molecule has 1 fully saturated rings. The molecule has 1 aliphatic rings. The van der Waals surface area contributed by atoms with Gasteiger partial charge in [-0.25, -0.2) is 4.79 Å². The van der Waals surface area contributed by atoms with E-state index in [0.29, 0.717) is 25.7 Å². The third kappa shape index (κ3) is 5.47. The molecule has 1 N–H and O–H groups in total. The first kappa shape index (κ1) is 17.7. The summed E-state index contributed by atoms with van der Waals surface area (Å²) in [5, 5.41) is 16.0. The molecule has 0 aliphatic carbocycles. The third-order valence-electron chi connectivity index (χ3n) is 3.56. The zero-order valence-corrected chi connectivity index (χ0v) is 14.5. The molecule has 1 aliphatic heterocycles. The van der Waals surface area contributed by atoms with Crippen molar-refractivity contribution in [3.8, 4) is 0 Å². The molecular weight excluding hydrogens is 318 g/mol. The highest BCUT2D eigenvalue weighted by atomic mass is 32.1. The van der Waals surface area contributed by atoms with Gasteiger partial charge in [0, 0.05) is 37.1 Å². The summed E-state index contributed by atoms with van der Waals surface area (Å²) in [5.74, 6) is 0. The van der Waals surface area contributed by atoms with E-state index in [4.69, 9.17) is 4.74 Å². The minimum absolute atomic E-state index is 0.168. The van der Waals surface area contributed by atoms with Crippen LogP contribution in [0.2, 0.25) is 0 Å². The number of likely N-dealkylation sites (tertiary alicyclic amines) is 1. The predicted molar refractivity (Wildman–Crippen MR) is 88.6 cm³/mol. The molecule has 23 heavy (non-hydrogen) atoms. The summed E-state index contributed by atoms with van der Waals surface area (Å²) in [7, 11) is 0. The molecule has 0 unspecified atom stereocenters. The van der Waals surface area contributed by atoms with Gasteiger partial charge >= 0.3 is 11.1 Å². The molecule has 0 spiro atoms. The lowest BCUT2D eigenvalue weighted by Gasteiger charge is -2.33. The van der Waals surface area contributed by atoms with Crippen molar-refractivity contribution in [2.45, 2.75) is 51.8 Å². The first-order chi connectivity index (χ1) is 10.7. The van der Waals surface area contributed by atoms with Crippen LogP contribution in [0.1, 0.15) is 39.2 Å². The van der Waals surface area contributed by atoms with Gasteiger partial charge in [-0.05, 0) is 39.2 Å². The van der Waals surface area contributed by atoms with Crippen LogP contribution in [0, 0.1) is 10.1 Å². The van der Waals surface area contributed by atoms with E-state index in [2.05, 4.69) is 5.32 Å². The fraction of sp³-hybridized carbons (Fsp3) is 0.667. The molecule has 7 nitrogen and oxygen atoms in total. The maximum Gasteiger partial charge on any atom is 0.410 e. The van der Waals surface area contributed by atoms with Crippen LogP contribution in [0.4, 0.5) is 9.80 Å². The number of piperidine rings is 1. The van der Waals surface area contributed by atoms with Crippen molar-refractivity contribution < 1.29 is 14.5 Å². The van der Waals surface area contributed by atoms with Crippen molar-refractivity contribution in [1.29, 1.82) is 0 Å². The van der Waals surface area contributed by atoms with Crippen LogP contribution in [0.25, 0.3) is 0 Å². The Bertz CT molecular complexity index is 559. The van der Waals surface area contributed by atoms with Crippen LogP contribution in [0.5, 0.6) is 0 Å². The molecule has 0 bridgehead atoms. The van der Waals surface area contributed by atoms with E-state index in [-0.39, 0.29) is 16.0 Å². The molecule has 1 aromatic rings. The number of carbonyl (C=O) groups is 1. The Kier molecular flexibility index (Phi) is 5.59. The highest BCUT2D eigenvalue weighted by Gasteiger charge is 2.26. The van der Waals surface area contributed by atoms with Crippen molar-refractivity contribution in [2.24, 2.45) is 0 Å². The fourth-order valence-electron chi connectivity index (χ4n) is 2.41. The third-order valence-corrected chi connectivity index (χ3v) is 4.49. The van der Waals surface area contributed by atoms with E-state index in [0.717, 1.165) is 29.7 Å². The van der Waals surface area contributed by atoms with E-state index in [1.807, 2.05) is 20.8 Å². The van der Waals surface area contributed by atoms with E-state index in [1.54, 1.807) is 16.3 Å². The first-order valence-corrected chi connectivity index (χ1v) is 8.55. The van der Waals surface area contributed by atoms with Crippen molar-refractivity contribution in [2.75, 3.05) is 13.1 Å². The molecule has 1 amide bonds. The number of thiophene rings is 1. The molecule has 2 heterocycles. The van der Waals surface area contributed by atoms with E-state index in [9.17, 15) is 14.9 Å². The van der Waals surface area contributed by atoms with Gasteiger partial charge in [-0.15, -0.1) is 0 Å². The molecule has 1 saturated heterocycles. The molecule has 1 aromatic heterocycles. The monoisotopic (exact) mass is 341 g/mol. The second kappa shape index (κ2) is 7.27. The maximum atomic E-state index is 12.0. The Labute approximate surface area is 139 Å². The maximum absolute atomic E-state index is 12.0. The van der Waals surface area contributed by atoms with Crippen molar-refractivity contribution in [1.82, 2.24) is 10.2 Å². The minimum atomic E-state index is -0.472. The Morgan fingerprint density at radius 1 is 1.48 bits per heavy atom. The smallest absolute Gasteiger partial charge is 0.410 e. The number of amides is 1. The standard InChI is InChI=1S/C15H23N3O4S/c1-15(2,3)22-14(19)17-6-4-12(5-7-17)16-9-11-8-13(18(20)21)23-10-11/h8,10,12,16H,4-7,9H2,1-3H3. The normalized spacial score (nSPS) is 16.4. The van der Waals surface area contributed by atoms with Gasteiger partial charge in [0.15, 0.2) is 0 Å². The second-order valence-corrected chi connectivity index (χ2v) is 7.56. The number of carbonyl (C=O) groups excluding carboxylic acids is 1. The summed E-state index contributed by atoms with van der Waals surface area (Å²) < 4.78 is 5.37. The first-order valence-electron chi connectivity index (χ1n) is 7.68. The van der Waals surface area contributed by atoms with Crippen molar-refractivity contribution in [3.05, 3.63) is 27.1 Å². The van der Waals surface area contributed by atoms with Gasteiger partial charge < -0.3 is 15.0 Å². The average Bonchev–Trinajstić information content (AvgIpc) is 2.93. The van der Waals surface area contributed by atoms with Gasteiger partial charge in [-0.2, -0.15) is 0 Å². The number of hydrogen-bond donors (Lipinski definition) is 1. The van der Waals surface area contributed by atoms with Crippen molar-refractivity contribution >= 4 is 22.4 Å². The average molecular weight is 341 g/mol. The Morgan fingerprint density at radius 3 is 2.65 bits per heavy atom. The molecule has 0 radical (unpaired) electrons. The van der Waals surface area contributed by atoms with Crippen LogP contribution in [0.15, 0.2) is 11.4 Å². The van der Waals surface area contributed by atoms with E-state index >= 15 is 0 Å². The molecule has 0 aromatic carbocycles. The Hall–Kier alpha value is -1.67. The largest absolute Gasteiger partial charge is 0.444 e. The lowest BCUT2D eigenvalue weighted by Crippen LogP contribution is -2.46. The van der Waals surface area contributed by atoms with E-state index in [1.165, 1.54) is 0 Å². The second-order valence-electron chi connectivity index (χ2n) is 6.67. The molecule has 0 saturated carbocycles. The van der Waals surface area contributed by atoms with Gasteiger partial charge in [0.25, 0.3) is 0 Å². The van der Waals surface area contributed by atoms with Crippen LogP contribution in [0.3, 0.4) is 0 Å². The quantitative estimate of drug-likeness (QED) is 0.672. The highest BCUT2D eigenvalue weighted by Crippen LogP contribution is 2.23. The SMILES string of the molecule is CC(C)(C)OC(=O)N1CCC(NCc2csc([N+](=O)[O-])c2)CC1. The van der Waals surface area contributed by atoms with Gasteiger partial charge in [0.1, 0.15) is 5.60 Å². The van der Waals surface area contributed by atoms with Crippen LogP contribution in [-0.4, -0.2) is 40.6 Å². The van der Waals surface area contributed by atoms with Crippen LogP contribution >= 0.6 is 11.3 Å². The number of hydrogen-bond acceptors (Lipinski definition) is 6. The number of nitrogens with zero attached hydrogens (tertiary/aromatic N) is 2. The topological polar surface area (TPSA) is 84.7 Å². The summed E-state index contributed by atoms with van der Waals surface area (Å²) in [5.41, 5.74) is 0.455. The predicted octanol–water partition coefficient (Wildman–Crippen LogP) is 3.15. The minimum Gasteiger partial charge on any atom is -0.444 e. The van der Waals surface area contributed by atoms with Crippen LogP contribution in [-0.2, 0) is 11.3 Å². The molecule has 8 heteroatoms. The molecule has 2 rings (SSSR count). The molecule has 128 valence electrons. The number of rotatable bonds is 4. The van der Waals surface area contributed by atoms with E-state index < -0.39 is 5.60 Å². The Morgan fingerprint density at radius 2 is 2.13 bits per heavy atom. The molecule has 0 atom stereocenters. The van der Waals surface area contributed by atoms with Gasteiger partial charge in [0.05, 0.1) is 4.92 Å².